The van der Waals surface area contributed by atoms with E-state index in [1.165, 1.54) is 11.9 Å². The molecule has 0 spiro atoms. The predicted octanol–water partition coefficient (Wildman–Crippen LogP) is 2.21. The Balaban J connectivity index is 0.000001000. The SMILES string of the molecule is Cl.Cl.Cn1c(CN2CCCNCC2)nc2ccccc21. The fraction of sp³-hybridized carbons (Fsp3) is 0.500. The Morgan fingerprint density at radius 3 is 2.75 bits per heavy atom. The Morgan fingerprint density at radius 2 is 1.95 bits per heavy atom. The number of halogens is 2. The lowest BCUT2D eigenvalue weighted by Crippen LogP contribution is -2.28. The van der Waals surface area contributed by atoms with Crippen LogP contribution in [0.1, 0.15) is 12.2 Å². The highest BCUT2D eigenvalue weighted by Crippen LogP contribution is 2.15. The number of hydrogen-bond donors (Lipinski definition) is 1. The standard InChI is InChI=1S/C14H20N4.2ClH/c1-17-13-6-3-2-5-12(13)16-14(17)11-18-9-4-7-15-8-10-18;;/h2-3,5-6,15H,4,7-11H2,1H3;2*1H. The highest BCUT2D eigenvalue weighted by atomic mass is 35.5. The number of hydrogen-bond acceptors (Lipinski definition) is 3. The fourth-order valence-electron chi connectivity index (χ4n) is 2.60. The van der Waals surface area contributed by atoms with Gasteiger partial charge in [-0.1, -0.05) is 12.1 Å². The number of aryl methyl sites for hydroxylation is 1. The van der Waals surface area contributed by atoms with Gasteiger partial charge in [0.05, 0.1) is 17.6 Å². The Kier molecular flexibility index (Phi) is 6.76. The second kappa shape index (κ2) is 7.84. The van der Waals surface area contributed by atoms with Crippen LogP contribution >= 0.6 is 24.8 Å². The average molecular weight is 317 g/mol. The smallest absolute Gasteiger partial charge is 0.123 e. The highest BCUT2D eigenvalue weighted by Gasteiger charge is 2.13. The third-order valence-corrected chi connectivity index (χ3v) is 3.68. The fourth-order valence-corrected chi connectivity index (χ4v) is 2.60. The number of para-hydroxylation sites is 2. The van der Waals surface area contributed by atoms with Crippen LogP contribution in [0.25, 0.3) is 11.0 Å². The summed E-state index contributed by atoms with van der Waals surface area (Å²) in [6.07, 6.45) is 1.23. The largest absolute Gasteiger partial charge is 0.330 e. The molecule has 0 atom stereocenters. The van der Waals surface area contributed by atoms with Crippen molar-refractivity contribution in [2.75, 3.05) is 26.2 Å². The van der Waals surface area contributed by atoms with Gasteiger partial charge in [-0.15, -0.1) is 24.8 Å². The van der Waals surface area contributed by atoms with E-state index >= 15 is 0 Å². The van der Waals surface area contributed by atoms with Gasteiger partial charge in [-0.2, -0.15) is 0 Å². The Hall–Kier alpha value is -0.810. The minimum atomic E-state index is 0. The molecule has 1 fully saturated rings. The number of nitrogens with one attached hydrogen (secondary N) is 1. The van der Waals surface area contributed by atoms with E-state index in [0.29, 0.717) is 0 Å². The van der Waals surface area contributed by atoms with Gasteiger partial charge in [-0.05, 0) is 31.6 Å². The van der Waals surface area contributed by atoms with Crippen LogP contribution in [0.3, 0.4) is 0 Å². The van der Waals surface area contributed by atoms with Gasteiger partial charge in [-0.3, -0.25) is 4.90 Å². The molecule has 0 aliphatic carbocycles. The summed E-state index contributed by atoms with van der Waals surface area (Å²) in [5.74, 6) is 1.16. The maximum absolute atomic E-state index is 4.74. The maximum Gasteiger partial charge on any atom is 0.123 e. The lowest BCUT2D eigenvalue weighted by Gasteiger charge is -2.18. The molecule has 2 heterocycles. The summed E-state index contributed by atoms with van der Waals surface area (Å²) in [5, 5.41) is 3.44. The van der Waals surface area contributed by atoms with Gasteiger partial charge >= 0.3 is 0 Å². The molecule has 0 unspecified atom stereocenters. The van der Waals surface area contributed by atoms with E-state index in [1.54, 1.807) is 0 Å². The van der Waals surface area contributed by atoms with Crippen LogP contribution in [0.15, 0.2) is 24.3 Å². The molecule has 0 saturated carbocycles. The van der Waals surface area contributed by atoms with E-state index in [0.717, 1.165) is 44.1 Å². The number of rotatable bonds is 2. The van der Waals surface area contributed by atoms with E-state index in [2.05, 4.69) is 46.1 Å². The molecule has 3 rings (SSSR count). The van der Waals surface area contributed by atoms with Crippen molar-refractivity contribution in [1.29, 1.82) is 0 Å². The molecule has 112 valence electrons. The van der Waals surface area contributed by atoms with E-state index in [9.17, 15) is 0 Å². The van der Waals surface area contributed by atoms with Crippen molar-refractivity contribution in [3.05, 3.63) is 30.1 Å². The summed E-state index contributed by atoms with van der Waals surface area (Å²) in [6.45, 7) is 5.45. The van der Waals surface area contributed by atoms with Crippen molar-refractivity contribution in [3.8, 4) is 0 Å². The van der Waals surface area contributed by atoms with Crippen molar-refractivity contribution in [2.45, 2.75) is 13.0 Å². The number of nitrogens with zero attached hydrogens (tertiary/aromatic N) is 3. The third kappa shape index (κ3) is 3.64. The van der Waals surface area contributed by atoms with Gasteiger partial charge in [-0.25, -0.2) is 4.98 Å². The van der Waals surface area contributed by atoms with Crippen LogP contribution in [0.5, 0.6) is 0 Å². The molecule has 0 amide bonds. The lowest BCUT2D eigenvalue weighted by atomic mass is 10.3. The van der Waals surface area contributed by atoms with Crippen LogP contribution in [0.2, 0.25) is 0 Å². The van der Waals surface area contributed by atoms with E-state index in [-0.39, 0.29) is 24.8 Å². The summed E-state index contributed by atoms with van der Waals surface area (Å²) >= 11 is 0. The van der Waals surface area contributed by atoms with E-state index in [1.807, 2.05) is 0 Å². The normalized spacial score (nSPS) is 16.2. The van der Waals surface area contributed by atoms with Crippen LogP contribution in [-0.4, -0.2) is 40.6 Å². The van der Waals surface area contributed by atoms with Crippen molar-refractivity contribution in [1.82, 2.24) is 19.8 Å². The molecule has 1 aliphatic heterocycles. The Labute approximate surface area is 132 Å². The molecule has 1 aromatic heterocycles. The first kappa shape index (κ1) is 17.2. The van der Waals surface area contributed by atoms with Crippen molar-refractivity contribution >= 4 is 35.8 Å². The second-order valence-corrected chi connectivity index (χ2v) is 4.96. The van der Waals surface area contributed by atoms with Gasteiger partial charge in [0.15, 0.2) is 0 Å². The quantitative estimate of drug-likeness (QED) is 0.922. The Morgan fingerprint density at radius 1 is 1.15 bits per heavy atom. The van der Waals surface area contributed by atoms with Crippen molar-refractivity contribution < 1.29 is 0 Å². The minimum Gasteiger partial charge on any atom is -0.330 e. The molecule has 1 N–H and O–H groups in total. The summed E-state index contributed by atoms with van der Waals surface area (Å²) in [4.78, 5) is 7.23. The molecule has 0 radical (unpaired) electrons. The molecule has 4 nitrogen and oxygen atoms in total. The topological polar surface area (TPSA) is 33.1 Å². The molecule has 0 bridgehead atoms. The van der Waals surface area contributed by atoms with E-state index < -0.39 is 0 Å². The van der Waals surface area contributed by atoms with Gasteiger partial charge in [0, 0.05) is 20.1 Å². The summed E-state index contributed by atoms with van der Waals surface area (Å²) in [6, 6.07) is 8.34. The number of fused-ring (bicyclic) bond motifs is 1. The Bertz CT molecular complexity index is 533. The highest BCUT2D eigenvalue weighted by molar-refractivity contribution is 5.85. The maximum atomic E-state index is 4.74. The van der Waals surface area contributed by atoms with Crippen LogP contribution < -0.4 is 5.32 Å². The van der Waals surface area contributed by atoms with Gasteiger partial charge in [0.1, 0.15) is 5.82 Å². The van der Waals surface area contributed by atoms with Crippen LogP contribution in [0, 0.1) is 0 Å². The molecule has 1 aromatic carbocycles. The van der Waals surface area contributed by atoms with Gasteiger partial charge < -0.3 is 9.88 Å². The van der Waals surface area contributed by atoms with Gasteiger partial charge in [0.25, 0.3) is 0 Å². The number of aromatic nitrogens is 2. The first-order valence-corrected chi connectivity index (χ1v) is 6.68. The monoisotopic (exact) mass is 316 g/mol. The third-order valence-electron chi connectivity index (χ3n) is 3.68. The molecular formula is C14H22Cl2N4. The average Bonchev–Trinajstić information content (AvgIpc) is 2.58. The predicted molar refractivity (Wildman–Crippen MR) is 88.0 cm³/mol. The summed E-state index contributed by atoms with van der Waals surface area (Å²) < 4.78 is 2.22. The minimum absolute atomic E-state index is 0. The zero-order valence-electron chi connectivity index (χ0n) is 11.7. The first-order valence-electron chi connectivity index (χ1n) is 6.68. The lowest BCUT2D eigenvalue weighted by molar-refractivity contribution is 0.275. The number of imidazole rings is 1. The summed E-state index contributed by atoms with van der Waals surface area (Å²) in [5.41, 5.74) is 2.32. The number of benzene rings is 1. The molecule has 2 aromatic rings. The van der Waals surface area contributed by atoms with Crippen molar-refractivity contribution in [2.24, 2.45) is 7.05 Å². The molecule has 20 heavy (non-hydrogen) atoms. The second-order valence-electron chi connectivity index (χ2n) is 4.96. The zero-order chi connectivity index (χ0) is 12.4. The zero-order valence-corrected chi connectivity index (χ0v) is 13.3. The first-order chi connectivity index (χ1) is 8.84. The van der Waals surface area contributed by atoms with E-state index in [4.69, 9.17) is 4.98 Å². The molecule has 1 aliphatic rings. The molecular weight excluding hydrogens is 295 g/mol. The molecule has 1 saturated heterocycles. The van der Waals surface area contributed by atoms with Crippen LogP contribution in [0.4, 0.5) is 0 Å². The molecule has 6 heteroatoms. The van der Waals surface area contributed by atoms with Crippen molar-refractivity contribution in [3.63, 3.8) is 0 Å². The summed E-state index contributed by atoms with van der Waals surface area (Å²) in [7, 11) is 2.11. The van der Waals surface area contributed by atoms with Crippen LogP contribution in [-0.2, 0) is 13.6 Å². The van der Waals surface area contributed by atoms with Gasteiger partial charge in [0.2, 0.25) is 0 Å².